The van der Waals surface area contributed by atoms with Gasteiger partial charge >= 0.3 is 6.03 Å². The minimum absolute atomic E-state index is 0.0900. The normalized spacial score (nSPS) is 19.4. The molecule has 7 nitrogen and oxygen atoms in total. The summed E-state index contributed by atoms with van der Waals surface area (Å²) in [6.45, 7) is 5.51. The van der Waals surface area contributed by atoms with Crippen molar-refractivity contribution in [1.29, 1.82) is 0 Å². The molecule has 1 atom stereocenters. The monoisotopic (exact) mass is 281 g/mol. The average molecular weight is 281 g/mol. The highest BCUT2D eigenvalue weighted by atomic mass is 16.5. The Morgan fingerprint density at radius 1 is 1.60 bits per heavy atom. The molecule has 1 aliphatic rings. The Kier molecular flexibility index (Phi) is 4.97. The smallest absolute Gasteiger partial charge is 0.323 e. The van der Waals surface area contributed by atoms with Gasteiger partial charge in [-0.15, -0.1) is 0 Å². The molecular weight excluding hydrogens is 258 g/mol. The van der Waals surface area contributed by atoms with Crippen LogP contribution in [0.1, 0.15) is 6.92 Å². The predicted molar refractivity (Wildman–Crippen MR) is 76.8 cm³/mol. The standard InChI is InChI=1S/C13H23N5O2/c1-11-10-17(8-9-20-11)13(19)14-12-4-5-18(15-12)7-6-16(2)3/h4-5,11H,6-10H2,1-3H3,(H,14,15,19)/t11-/m1/s1. The molecule has 0 saturated carbocycles. The van der Waals surface area contributed by atoms with Crippen LogP contribution in [0.25, 0.3) is 0 Å². The van der Waals surface area contributed by atoms with Crippen LogP contribution < -0.4 is 5.32 Å². The summed E-state index contributed by atoms with van der Waals surface area (Å²) in [5.74, 6) is 0.591. The van der Waals surface area contributed by atoms with Crippen LogP contribution in [0.4, 0.5) is 10.6 Å². The van der Waals surface area contributed by atoms with Crippen molar-refractivity contribution in [2.45, 2.75) is 19.6 Å². The topological polar surface area (TPSA) is 62.6 Å². The molecule has 20 heavy (non-hydrogen) atoms. The Morgan fingerprint density at radius 2 is 2.40 bits per heavy atom. The molecule has 1 aliphatic heterocycles. The average Bonchev–Trinajstić information content (AvgIpc) is 2.84. The minimum atomic E-state index is -0.113. The number of hydrogen-bond acceptors (Lipinski definition) is 4. The fourth-order valence-electron chi connectivity index (χ4n) is 2.05. The fourth-order valence-corrected chi connectivity index (χ4v) is 2.05. The van der Waals surface area contributed by atoms with E-state index < -0.39 is 0 Å². The third-order valence-corrected chi connectivity index (χ3v) is 3.18. The van der Waals surface area contributed by atoms with Gasteiger partial charge in [-0.2, -0.15) is 5.10 Å². The van der Waals surface area contributed by atoms with Crippen LogP contribution in [0.2, 0.25) is 0 Å². The van der Waals surface area contributed by atoms with E-state index in [1.54, 1.807) is 4.90 Å². The number of ether oxygens (including phenoxy) is 1. The van der Waals surface area contributed by atoms with E-state index in [1.165, 1.54) is 0 Å². The second kappa shape index (κ2) is 6.71. The van der Waals surface area contributed by atoms with Gasteiger partial charge in [0.1, 0.15) is 0 Å². The SMILES string of the molecule is C[C@@H]1CN(C(=O)Nc2ccn(CCN(C)C)n2)CCO1. The summed E-state index contributed by atoms with van der Waals surface area (Å²) in [5, 5.41) is 7.16. The second-order valence-corrected chi connectivity index (χ2v) is 5.32. The number of likely N-dealkylation sites (N-methyl/N-ethyl adjacent to an activating group) is 1. The number of aromatic nitrogens is 2. The maximum atomic E-state index is 12.1. The zero-order valence-electron chi connectivity index (χ0n) is 12.4. The van der Waals surface area contributed by atoms with Crippen LogP contribution in [-0.2, 0) is 11.3 Å². The van der Waals surface area contributed by atoms with Crippen LogP contribution in [0.5, 0.6) is 0 Å². The van der Waals surface area contributed by atoms with E-state index in [0.717, 1.165) is 13.1 Å². The number of carbonyl (C=O) groups is 1. The first-order valence-electron chi connectivity index (χ1n) is 6.90. The molecule has 2 heterocycles. The van der Waals surface area contributed by atoms with Crippen molar-refractivity contribution in [1.82, 2.24) is 19.6 Å². The Labute approximate surface area is 119 Å². The Bertz CT molecular complexity index is 446. The van der Waals surface area contributed by atoms with Crippen molar-refractivity contribution in [3.8, 4) is 0 Å². The molecule has 1 aromatic rings. The largest absolute Gasteiger partial charge is 0.375 e. The van der Waals surface area contributed by atoms with Gasteiger partial charge in [0.2, 0.25) is 0 Å². The molecule has 1 aromatic heterocycles. The van der Waals surface area contributed by atoms with Crippen LogP contribution in [-0.4, -0.2) is 72.1 Å². The molecule has 0 spiro atoms. The van der Waals surface area contributed by atoms with Crippen molar-refractivity contribution >= 4 is 11.8 Å². The summed E-state index contributed by atoms with van der Waals surface area (Å²) in [5.41, 5.74) is 0. The van der Waals surface area contributed by atoms with E-state index in [2.05, 4.69) is 15.3 Å². The molecule has 0 aromatic carbocycles. The molecule has 1 fully saturated rings. The molecule has 0 radical (unpaired) electrons. The lowest BCUT2D eigenvalue weighted by atomic mass is 10.3. The maximum absolute atomic E-state index is 12.1. The summed E-state index contributed by atoms with van der Waals surface area (Å²) in [6, 6.07) is 1.70. The van der Waals surface area contributed by atoms with E-state index in [4.69, 9.17) is 4.74 Å². The number of hydrogen-bond donors (Lipinski definition) is 1. The van der Waals surface area contributed by atoms with Gasteiger partial charge in [0.15, 0.2) is 5.82 Å². The van der Waals surface area contributed by atoms with Crippen LogP contribution >= 0.6 is 0 Å². The fraction of sp³-hybridized carbons (Fsp3) is 0.692. The van der Waals surface area contributed by atoms with Crippen molar-refractivity contribution < 1.29 is 9.53 Å². The van der Waals surface area contributed by atoms with Gasteiger partial charge in [-0.25, -0.2) is 4.79 Å². The minimum Gasteiger partial charge on any atom is -0.375 e. The lowest BCUT2D eigenvalue weighted by Gasteiger charge is -2.30. The van der Waals surface area contributed by atoms with Gasteiger partial charge in [-0.05, 0) is 21.0 Å². The molecule has 0 bridgehead atoms. The number of urea groups is 1. The highest BCUT2D eigenvalue weighted by Crippen LogP contribution is 2.08. The zero-order chi connectivity index (χ0) is 14.5. The molecule has 0 unspecified atom stereocenters. The van der Waals surface area contributed by atoms with Crippen molar-refractivity contribution in [3.05, 3.63) is 12.3 Å². The summed E-state index contributed by atoms with van der Waals surface area (Å²) >= 11 is 0. The number of nitrogens with one attached hydrogen (secondary N) is 1. The molecule has 1 saturated heterocycles. The molecule has 0 aliphatic carbocycles. The third kappa shape index (κ3) is 4.21. The molecule has 2 rings (SSSR count). The Balaban J connectivity index is 1.84. The van der Waals surface area contributed by atoms with Crippen LogP contribution in [0, 0.1) is 0 Å². The lowest BCUT2D eigenvalue weighted by Crippen LogP contribution is -2.46. The number of anilines is 1. The molecule has 112 valence electrons. The van der Waals surface area contributed by atoms with Gasteiger partial charge in [0.05, 0.1) is 19.3 Å². The first kappa shape index (κ1) is 14.8. The first-order valence-corrected chi connectivity index (χ1v) is 6.90. The summed E-state index contributed by atoms with van der Waals surface area (Å²) < 4.78 is 7.25. The van der Waals surface area contributed by atoms with Crippen LogP contribution in [0.15, 0.2) is 12.3 Å². The highest BCUT2D eigenvalue weighted by Gasteiger charge is 2.21. The Hall–Kier alpha value is -1.60. The first-order chi connectivity index (χ1) is 9.54. The van der Waals surface area contributed by atoms with Crippen molar-refractivity contribution in [2.75, 3.05) is 45.7 Å². The highest BCUT2D eigenvalue weighted by molar-refractivity contribution is 5.88. The third-order valence-electron chi connectivity index (χ3n) is 3.18. The lowest BCUT2D eigenvalue weighted by molar-refractivity contribution is -0.00139. The number of rotatable bonds is 4. The summed E-state index contributed by atoms with van der Waals surface area (Å²) in [4.78, 5) is 15.9. The second-order valence-electron chi connectivity index (χ2n) is 5.32. The van der Waals surface area contributed by atoms with Gasteiger partial charge in [0, 0.05) is 31.9 Å². The van der Waals surface area contributed by atoms with Gasteiger partial charge < -0.3 is 14.5 Å². The number of morpholine rings is 1. The quantitative estimate of drug-likeness (QED) is 0.882. The van der Waals surface area contributed by atoms with Gasteiger partial charge in [-0.1, -0.05) is 0 Å². The molecular formula is C13H23N5O2. The molecule has 7 heteroatoms. The van der Waals surface area contributed by atoms with E-state index in [-0.39, 0.29) is 12.1 Å². The maximum Gasteiger partial charge on any atom is 0.323 e. The van der Waals surface area contributed by atoms with Gasteiger partial charge in [-0.3, -0.25) is 10.00 Å². The van der Waals surface area contributed by atoms with Crippen molar-refractivity contribution in [3.63, 3.8) is 0 Å². The van der Waals surface area contributed by atoms with E-state index in [0.29, 0.717) is 25.5 Å². The molecule has 1 N–H and O–H groups in total. The number of carbonyl (C=O) groups excluding carboxylic acids is 1. The van der Waals surface area contributed by atoms with E-state index in [9.17, 15) is 4.79 Å². The summed E-state index contributed by atoms with van der Waals surface area (Å²) in [6.07, 6.45) is 1.97. The number of amides is 2. The zero-order valence-corrected chi connectivity index (χ0v) is 12.4. The predicted octanol–water partition coefficient (Wildman–Crippen LogP) is 0.697. The van der Waals surface area contributed by atoms with E-state index >= 15 is 0 Å². The van der Waals surface area contributed by atoms with E-state index in [1.807, 2.05) is 38.0 Å². The summed E-state index contributed by atoms with van der Waals surface area (Å²) in [7, 11) is 4.04. The Morgan fingerprint density at radius 3 is 3.10 bits per heavy atom. The van der Waals surface area contributed by atoms with Gasteiger partial charge in [0.25, 0.3) is 0 Å². The number of nitrogens with zero attached hydrogens (tertiary/aromatic N) is 4. The molecule has 2 amide bonds. The van der Waals surface area contributed by atoms with Crippen LogP contribution in [0.3, 0.4) is 0 Å². The van der Waals surface area contributed by atoms with Crippen molar-refractivity contribution in [2.24, 2.45) is 0 Å².